The molecule has 0 saturated carbocycles. The second kappa shape index (κ2) is 10.1. The molecule has 0 aromatic heterocycles. The SMILES string of the molecule is Cc1ccc(N2C(=O)C(Cc3cccc(Cl)c3)SC2=C(C#N)C(=O)Nc2ccc(F)cc2)cc1. The number of carbonyl (C=O) groups is 2. The maximum atomic E-state index is 13.5. The largest absolute Gasteiger partial charge is 0.321 e. The summed E-state index contributed by atoms with van der Waals surface area (Å²) in [6, 6.07) is 21.7. The summed E-state index contributed by atoms with van der Waals surface area (Å²) >= 11 is 7.28. The van der Waals surface area contributed by atoms with E-state index in [4.69, 9.17) is 11.6 Å². The normalized spacial score (nSPS) is 16.8. The van der Waals surface area contributed by atoms with E-state index in [1.165, 1.54) is 40.9 Å². The highest BCUT2D eigenvalue weighted by Gasteiger charge is 2.40. The van der Waals surface area contributed by atoms with Crippen molar-refractivity contribution in [2.24, 2.45) is 0 Å². The highest BCUT2D eigenvalue weighted by atomic mass is 35.5. The molecular formula is C26H19ClFN3O2S. The zero-order chi connectivity index (χ0) is 24.2. The van der Waals surface area contributed by atoms with Gasteiger partial charge in [0, 0.05) is 16.4 Å². The van der Waals surface area contributed by atoms with Gasteiger partial charge in [-0.3, -0.25) is 14.5 Å². The summed E-state index contributed by atoms with van der Waals surface area (Å²) in [5.41, 5.74) is 2.59. The fourth-order valence-electron chi connectivity index (χ4n) is 3.52. The van der Waals surface area contributed by atoms with E-state index in [9.17, 15) is 19.2 Å². The Kier molecular flexibility index (Phi) is 7.01. The molecule has 1 atom stereocenters. The lowest BCUT2D eigenvalue weighted by atomic mass is 10.1. The summed E-state index contributed by atoms with van der Waals surface area (Å²) in [5, 5.41) is 12.8. The molecule has 3 aromatic rings. The van der Waals surface area contributed by atoms with E-state index in [1.807, 2.05) is 37.3 Å². The second-order valence-electron chi connectivity index (χ2n) is 7.70. The number of hydrogen-bond donors (Lipinski definition) is 1. The van der Waals surface area contributed by atoms with Crippen LogP contribution in [-0.2, 0) is 16.0 Å². The van der Waals surface area contributed by atoms with Gasteiger partial charge in [-0.15, -0.1) is 0 Å². The maximum absolute atomic E-state index is 13.5. The summed E-state index contributed by atoms with van der Waals surface area (Å²) in [6.07, 6.45) is 0.383. The van der Waals surface area contributed by atoms with Crippen LogP contribution in [0.5, 0.6) is 0 Å². The topological polar surface area (TPSA) is 73.2 Å². The molecule has 1 fully saturated rings. The van der Waals surface area contributed by atoms with Crippen molar-refractivity contribution in [1.82, 2.24) is 0 Å². The molecule has 1 heterocycles. The van der Waals surface area contributed by atoms with Gasteiger partial charge in [0.15, 0.2) is 0 Å². The predicted molar refractivity (Wildman–Crippen MR) is 133 cm³/mol. The third-order valence-corrected chi connectivity index (χ3v) is 6.71. The maximum Gasteiger partial charge on any atom is 0.269 e. The van der Waals surface area contributed by atoms with Crippen molar-refractivity contribution in [2.45, 2.75) is 18.6 Å². The molecule has 0 bridgehead atoms. The molecule has 4 rings (SSSR count). The van der Waals surface area contributed by atoms with Crippen molar-refractivity contribution in [3.05, 3.63) is 105 Å². The van der Waals surface area contributed by atoms with Gasteiger partial charge in [-0.1, -0.05) is 53.2 Å². The molecule has 1 unspecified atom stereocenters. The van der Waals surface area contributed by atoms with Crippen molar-refractivity contribution in [3.63, 3.8) is 0 Å². The van der Waals surface area contributed by atoms with Gasteiger partial charge in [0.25, 0.3) is 5.91 Å². The Balaban J connectivity index is 1.72. The van der Waals surface area contributed by atoms with Crippen LogP contribution in [0.3, 0.4) is 0 Å². The molecule has 8 heteroatoms. The van der Waals surface area contributed by atoms with Crippen molar-refractivity contribution < 1.29 is 14.0 Å². The van der Waals surface area contributed by atoms with Crippen molar-refractivity contribution in [3.8, 4) is 6.07 Å². The lowest BCUT2D eigenvalue weighted by Gasteiger charge is -2.19. The standard InChI is InChI=1S/C26H19ClFN3O2S/c1-16-5-11-21(12-6-16)31-25(33)23(14-17-3-2-4-18(27)13-17)34-26(31)22(15-29)24(32)30-20-9-7-19(28)8-10-20/h2-13,23H,14H2,1H3,(H,30,32). The Labute approximate surface area is 205 Å². The Morgan fingerprint density at radius 1 is 1.15 bits per heavy atom. The van der Waals surface area contributed by atoms with Crippen LogP contribution in [0.15, 0.2) is 83.4 Å². The molecule has 2 amide bonds. The van der Waals surface area contributed by atoms with E-state index < -0.39 is 17.0 Å². The molecule has 3 aromatic carbocycles. The second-order valence-corrected chi connectivity index (χ2v) is 9.33. The highest BCUT2D eigenvalue weighted by molar-refractivity contribution is 8.05. The first-order valence-corrected chi connectivity index (χ1v) is 11.6. The number of aryl methyl sites for hydroxylation is 1. The van der Waals surface area contributed by atoms with Gasteiger partial charge in [-0.05, 0) is 67.4 Å². The van der Waals surface area contributed by atoms with E-state index in [0.717, 1.165) is 11.1 Å². The minimum Gasteiger partial charge on any atom is -0.321 e. The third-order valence-electron chi connectivity index (χ3n) is 5.21. The molecule has 1 aliphatic heterocycles. The van der Waals surface area contributed by atoms with Gasteiger partial charge < -0.3 is 5.32 Å². The molecule has 34 heavy (non-hydrogen) atoms. The van der Waals surface area contributed by atoms with Crippen molar-refractivity contribution in [1.29, 1.82) is 5.26 Å². The number of anilines is 2. The third kappa shape index (κ3) is 5.14. The fourth-order valence-corrected chi connectivity index (χ4v) is 5.04. The highest BCUT2D eigenvalue weighted by Crippen LogP contribution is 2.42. The smallest absolute Gasteiger partial charge is 0.269 e. The van der Waals surface area contributed by atoms with Gasteiger partial charge >= 0.3 is 0 Å². The number of nitrogens with one attached hydrogen (secondary N) is 1. The minimum absolute atomic E-state index is 0.197. The van der Waals surface area contributed by atoms with Crippen LogP contribution in [0.25, 0.3) is 0 Å². The van der Waals surface area contributed by atoms with Crippen LogP contribution in [0.1, 0.15) is 11.1 Å². The lowest BCUT2D eigenvalue weighted by molar-refractivity contribution is -0.117. The first-order chi connectivity index (χ1) is 16.4. The number of benzene rings is 3. The Hall–Kier alpha value is -3.60. The number of rotatable bonds is 5. The first kappa shape index (κ1) is 23.6. The molecule has 1 saturated heterocycles. The van der Waals surface area contributed by atoms with Crippen LogP contribution in [0.4, 0.5) is 15.8 Å². The first-order valence-electron chi connectivity index (χ1n) is 10.4. The van der Waals surface area contributed by atoms with E-state index in [-0.39, 0.29) is 16.5 Å². The van der Waals surface area contributed by atoms with Crippen LogP contribution >= 0.6 is 23.4 Å². The fraction of sp³-hybridized carbons (Fsp3) is 0.115. The van der Waals surface area contributed by atoms with E-state index in [0.29, 0.717) is 22.8 Å². The van der Waals surface area contributed by atoms with E-state index in [1.54, 1.807) is 24.3 Å². The van der Waals surface area contributed by atoms with Crippen LogP contribution in [0, 0.1) is 24.1 Å². The van der Waals surface area contributed by atoms with Crippen LogP contribution < -0.4 is 10.2 Å². The minimum atomic E-state index is -0.676. The molecule has 170 valence electrons. The zero-order valence-electron chi connectivity index (χ0n) is 18.1. The average molecular weight is 492 g/mol. The summed E-state index contributed by atoms with van der Waals surface area (Å²) in [5.74, 6) is -1.35. The summed E-state index contributed by atoms with van der Waals surface area (Å²) in [7, 11) is 0. The van der Waals surface area contributed by atoms with Gasteiger partial charge in [0.1, 0.15) is 22.5 Å². The molecule has 5 nitrogen and oxygen atoms in total. The average Bonchev–Trinajstić information content (AvgIpc) is 3.12. The van der Waals surface area contributed by atoms with Gasteiger partial charge in [0.2, 0.25) is 5.91 Å². The number of nitrogens with zero attached hydrogens (tertiary/aromatic N) is 2. The van der Waals surface area contributed by atoms with Crippen LogP contribution in [0.2, 0.25) is 5.02 Å². The summed E-state index contributed by atoms with van der Waals surface area (Å²) in [6.45, 7) is 1.93. The molecular weight excluding hydrogens is 473 g/mol. The molecule has 0 aliphatic carbocycles. The van der Waals surface area contributed by atoms with E-state index >= 15 is 0 Å². The van der Waals surface area contributed by atoms with E-state index in [2.05, 4.69) is 5.32 Å². The number of amides is 2. The van der Waals surface area contributed by atoms with Gasteiger partial charge in [0.05, 0.1) is 5.25 Å². The molecule has 0 spiro atoms. The Morgan fingerprint density at radius 2 is 1.85 bits per heavy atom. The summed E-state index contributed by atoms with van der Waals surface area (Å²) in [4.78, 5) is 27.9. The number of halogens is 2. The quantitative estimate of drug-likeness (QED) is 0.359. The zero-order valence-corrected chi connectivity index (χ0v) is 19.7. The van der Waals surface area contributed by atoms with Gasteiger partial charge in [-0.25, -0.2) is 4.39 Å². The van der Waals surface area contributed by atoms with Crippen molar-refractivity contribution in [2.75, 3.05) is 10.2 Å². The molecule has 0 radical (unpaired) electrons. The number of hydrogen-bond acceptors (Lipinski definition) is 4. The molecule has 1 N–H and O–H groups in total. The Bertz CT molecular complexity index is 1320. The summed E-state index contributed by atoms with van der Waals surface area (Å²) < 4.78 is 13.2. The number of thioether (sulfide) groups is 1. The van der Waals surface area contributed by atoms with Crippen LogP contribution in [-0.4, -0.2) is 17.1 Å². The van der Waals surface area contributed by atoms with Crippen molar-refractivity contribution >= 4 is 46.6 Å². The predicted octanol–water partition coefficient (Wildman–Crippen LogP) is 5.85. The monoisotopic (exact) mass is 491 g/mol. The molecule has 1 aliphatic rings. The lowest BCUT2D eigenvalue weighted by Crippen LogP contribution is -2.30. The Morgan fingerprint density at radius 3 is 2.50 bits per heavy atom. The van der Waals surface area contributed by atoms with Gasteiger partial charge in [-0.2, -0.15) is 5.26 Å². The number of carbonyl (C=O) groups excluding carboxylic acids is 2. The number of nitriles is 1.